The Morgan fingerprint density at radius 1 is 1.58 bits per heavy atom. The highest BCUT2D eigenvalue weighted by Crippen LogP contribution is 2.39. The van der Waals surface area contributed by atoms with Gasteiger partial charge in [-0.05, 0) is 19.4 Å². The van der Waals surface area contributed by atoms with E-state index in [0.717, 1.165) is 6.42 Å². The molecule has 0 saturated carbocycles. The minimum atomic E-state index is -1.15. The van der Waals surface area contributed by atoms with Crippen LogP contribution in [0.25, 0.3) is 0 Å². The van der Waals surface area contributed by atoms with Crippen LogP contribution in [0.5, 0.6) is 0 Å². The van der Waals surface area contributed by atoms with Gasteiger partial charge in [0.1, 0.15) is 4.90 Å². The molecule has 1 aromatic carbocycles. The zero-order valence-corrected chi connectivity index (χ0v) is 11.1. The fourth-order valence-corrected chi connectivity index (χ4v) is 3.31. The number of thioether (sulfide) groups is 1. The third-order valence-corrected chi connectivity index (χ3v) is 4.58. The number of hydrogen-bond acceptors (Lipinski definition) is 5. The van der Waals surface area contributed by atoms with Crippen LogP contribution in [0.4, 0.5) is 5.69 Å². The van der Waals surface area contributed by atoms with Gasteiger partial charge in [0, 0.05) is 17.9 Å². The van der Waals surface area contributed by atoms with Gasteiger partial charge in [-0.2, -0.15) is 0 Å². The SMILES string of the molecule is CC1OCCC1Sc1c(C(=O)O)cccc1[N+](=O)[O-]. The Hall–Kier alpha value is -1.60. The van der Waals surface area contributed by atoms with E-state index >= 15 is 0 Å². The van der Waals surface area contributed by atoms with Crippen LogP contribution >= 0.6 is 11.8 Å². The molecule has 1 heterocycles. The van der Waals surface area contributed by atoms with Gasteiger partial charge in [0.15, 0.2) is 0 Å². The first-order valence-corrected chi connectivity index (χ1v) is 6.67. The molecular weight excluding hydrogens is 270 g/mol. The predicted molar refractivity (Wildman–Crippen MR) is 69.7 cm³/mol. The number of ether oxygens (including phenoxy) is 1. The Morgan fingerprint density at radius 3 is 2.84 bits per heavy atom. The summed E-state index contributed by atoms with van der Waals surface area (Å²) < 4.78 is 5.40. The van der Waals surface area contributed by atoms with E-state index in [1.165, 1.54) is 30.0 Å². The molecule has 102 valence electrons. The maximum absolute atomic E-state index is 11.2. The highest BCUT2D eigenvalue weighted by molar-refractivity contribution is 8.00. The molecule has 1 aromatic rings. The van der Waals surface area contributed by atoms with Gasteiger partial charge in [0.05, 0.1) is 16.6 Å². The van der Waals surface area contributed by atoms with Crippen molar-refractivity contribution in [3.8, 4) is 0 Å². The molecule has 2 unspecified atom stereocenters. The molecule has 1 aliphatic rings. The Morgan fingerprint density at radius 2 is 2.32 bits per heavy atom. The van der Waals surface area contributed by atoms with Gasteiger partial charge >= 0.3 is 5.97 Å². The van der Waals surface area contributed by atoms with Gasteiger partial charge < -0.3 is 9.84 Å². The highest BCUT2D eigenvalue weighted by atomic mass is 32.2. The number of carbonyl (C=O) groups is 1. The molecule has 0 amide bonds. The topological polar surface area (TPSA) is 89.7 Å². The number of hydrogen-bond donors (Lipinski definition) is 1. The summed E-state index contributed by atoms with van der Waals surface area (Å²) in [6, 6.07) is 4.10. The maximum atomic E-state index is 11.2. The van der Waals surface area contributed by atoms with E-state index in [0.29, 0.717) is 6.61 Å². The van der Waals surface area contributed by atoms with E-state index in [-0.39, 0.29) is 27.5 Å². The van der Waals surface area contributed by atoms with E-state index in [9.17, 15) is 14.9 Å². The maximum Gasteiger partial charge on any atom is 0.337 e. The molecule has 0 bridgehead atoms. The number of rotatable bonds is 4. The van der Waals surface area contributed by atoms with Gasteiger partial charge in [0.25, 0.3) is 5.69 Å². The second-order valence-corrected chi connectivity index (χ2v) is 5.49. The molecule has 1 N–H and O–H groups in total. The van der Waals surface area contributed by atoms with Crippen molar-refractivity contribution < 1.29 is 19.6 Å². The lowest BCUT2D eigenvalue weighted by Gasteiger charge is -2.14. The van der Waals surface area contributed by atoms with Gasteiger partial charge in [-0.15, -0.1) is 11.8 Å². The van der Waals surface area contributed by atoms with Crippen molar-refractivity contribution >= 4 is 23.4 Å². The van der Waals surface area contributed by atoms with Crippen LogP contribution in [0.3, 0.4) is 0 Å². The Kier molecular flexibility index (Phi) is 4.06. The molecular formula is C12H13NO5S. The van der Waals surface area contributed by atoms with Crippen molar-refractivity contribution in [3.63, 3.8) is 0 Å². The molecule has 1 aliphatic heterocycles. The monoisotopic (exact) mass is 283 g/mol. The Balaban J connectivity index is 2.40. The van der Waals surface area contributed by atoms with E-state index in [4.69, 9.17) is 9.84 Å². The number of benzene rings is 1. The van der Waals surface area contributed by atoms with Crippen molar-refractivity contribution in [1.29, 1.82) is 0 Å². The number of nitro groups is 1. The van der Waals surface area contributed by atoms with Gasteiger partial charge in [-0.25, -0.2) is 4.79 Å². The lowest BCUT2D eigenvalue weighted by atomic mass is 10.2. The van der Waals surface area contributed by atoms with Crippen molar-refractivity contribution in [2.24, 2.45) is 0 Å². The molecule has 2 rings (SSSR count). The van der Waals surface area contributed by atoms with Crippen LogP contribution in [0.2, 0.25) is 0 Å². The van der Waals surface area contributed by atoms with Crippen LogP contribution < -0.4 is 0 Å². The molecule has 2 atom stereocenters. The van der Waals surface area contributed by atoms with Gasteiger partial charge in [-0.3, -0.25) is 10.1 Å². The van der Waals surface area contributed by atoms with Crippen molar-refractivity contribution in [3.05, 3.63) is 33.9 Å². The number of carboxylic acid groups (broad SMARTS) is 1. The minimum absolute atomic E-state index is 0.0294. The number of aromatic carboxylic acids is 1. The summed E-state index contributed by atoms with van der Waals surface area (Å²) in [7, 11) is 0. The summed E-state index contributed by atoms with van der Waals surface area (Å²) >= 11 is 1.22. The summed E-state index contributed by atoms with van der Waals surface area (Å²) in [6.07, 6.45) is 0.725. The Bertz CT molecular complexity index is 487. The van der Waals surface area contributed by atoms with E-state index in [1.807, 2.05) is 6.92 Å². The quantitative estimate of drug-likeness (QED) is 0.674. The van der Waals surface area contributed by atoms with Gasteiger partial charge in [-0.1, -0.05) is 6.07 Å². The smallest absolute Gasteiger partial charge is 0.337 e. The minimum Gasteiger partial charge on any atom is -0.478 e. The molecule has 1 saturated heterocycles. The molecule has 0 aromatic heterocycles. The van der Waals surface area contributed by atoms with Crippen LogP contribution in [-0.2, 0) is 4.74 Å². The lowest BCUT2D eigenvalue weighted by molar-refractivity contribution is -0.387. The van der Waals surface area contributed by atoms with E-state index < -0.39 is 10.9 Å². The lowest BCUT2D eigenvalue weighted by Crippen LogP contribution is -2.14. The van der Waals surface area contributed by atoms with Crippen LogP contribution in [-0.4, -0.2) is 34.0 Å². The van der Waals surface area contributed by atoms with E-state index in [2.05, 4.69) is 0 Å². The molecule has 6 nitrogen and oxygen atoms in total. The zero-order chi connectivity index (χ0) is 14.0. The summed E-state index contributed by atoms with van der Waals surface area (Å²) in [5.74, 6) is -1.15. The van der Waals surface area contributed by atoms with Crippen molar-refractivity contribution in [1.82, 2.24) is 0 Å². The zero-order valence-electron chi connectivity index (χ0n) is 10.2. The predicted octanol–water partition coefficient (Wildman–Crippen LogP) is 2.56. The fourth-order valence-electron chi connectivity index (χ4n) is 1.98. The summed E-state index contributed by atoms with van der Waals surface area (Å²) in [5.41, 5.74) is -0.192. The van der Waals surface area contributed by atoms with Crippen molar-refractivity contribution in [2.45, 2.75) is 29.6 Å². The normalized spacial score (nSPS) is 22.4. The third kappa shape index (κ3) is 2.87. The number of nitro benzene ring substituents is 1. The molecule has 1 fully saturated rings. The first kappa shape index (κ1) is 13.8. The summed E-state index contributed by atoms with van der Waals surface area (Å²) in [5, 5.41) is 20.2. The first-order chi connectivity index (χ1) is 9.00. The third-order valence-electron chi connectivity index (χ3n) is 3.00. The number of nitrogens with zero attached hydrogens (tertiary/aromatic N) is 1. The highest BCUT2D eigenvalue weighted by Gasteiger charge is 2.30. The molecule has 0 aliphatic carbocycles. The molecule has 7 heteroatoms. The second-order valence-electron chi connectivity index (χ2n) is 4.24. The summed E-state index contributed by atoms with van der Waals surface area (Å²) in [4.78, 5) is 21.9. The van der Waals surface area contributed by atoms with Crippen LogP contribution in [0.15, 0.2) is 23.1 Å². The average molecular weight is 283 g/mol. The van der Waals surface area contributed by atoms with Crippen molar-refractivity contribution in [2.75, 3.05) is 6.61 Å². The standard InChI is InChI=1S/C12H13NO5S/c1-7-10(5-6-18-7)19-11-8(12(14)15)3-2-4-9(11)13(16)17/h2-4,7,10H,5-6H2,1H3,(H,14,15). The molecule has 0 radical (unpaired) electrons. The van der Waals surface area contributed by atoms with Crippen LogP contribution in [0.1, 0.15) is 23.7 Å². The van der Waals surface area contributed by atoms with E-state index in [1.54, 1.807) is 0 Å². The Labute approximate surface area is 113 Å². The summed E-state index contributed by atoms with van der Waals surface area (Å²) in [6.45, 7) is 2.49. The number of carboxylic acids is 1. The largest absolute Gasteiger partial charge is 0.478 e. The second kappa shape index (κ2) is 5.58. The fraction of sp³-hybridized carbons (Fsp3) is 0.417. The molecule has 19 heavy (non-hydrogen) atoms. The first-order valence-electron chi connectivity index (χ1n) is 5.79. The average Bonchev–Trinajstić information content (AvgIpc) is 2.74. The van der Waals surface area contributed by atoms with Gasteiger partial charge in [0.2, 0.25) is 0 Å². The van der Waals surface area contributed by atoms with Crippen LogP contribution in [0, 0.1) is 10.1 Å². The molecule has 0 spiro atoms.